The summed E-state index contributed by atoms with van der Waals surface area (Å²) in [6, 6.07) is 12.8. The molecule has 1 saturated carbocycles. The predicted molar refractivity (Wildman–Crippen MR) is 107 cm³/mol. The van der Waals surface area contributed by atoms with Gasteiger partial charge < -0.3 is 10.2 Å². The summed E-state index contributed by atoms with van der Waals surface area (Å²) in [5, 5.41) is 2.78. The number of hydrogen-bond donors (Lipinski definition) is 1. The third kappa shape index (κ3) is 3.93. The molecule has 146 valence electrons. The highest BCUT2D eigenvalue weighted by atomic mass is 19.1. The van der Waals surface area contributed by atoms with Gasteiger partial charge in [0.2, 0.25) is 0 Å². The maximum absolute atomic E-state index is 13.0. The Hall–Kier alpha value is -2.69. The van der Waals surface area contributed by atoms with Crippen molar-refractivity contribution >= 4 is 17.5 Å². The summed E-state index contributed by atoms with van der Waals surface area (Å²) < 4.78 is 13.0. The van der Waals surface area contributed by atoms with Gasteiger partial charge in [0, 0.05) is 29.4 Å². The molecule has 2 fully saturated rings. The van der Waals surface area contributed by atoms with E-state index in [1.807, 2.05) is 0 Å². The van der Waals surface area contributed by atoms with Crippen molar-refractivity contribution in [3.05, 3.63) is 65.5 Å². The SMILES string of the molecule is O=C(Nc1ccc(C(=O)N2CCC[C@@H]3CCCC[C@@H]32)cc1)c1ccc(F)cc1. The molecule has 2 aromatic rings. The average molecular weight is 380 g/mol. The zero-order chi connectivity index (χ0) is 19.5. The summed E-state index contributed by atoms with van der Waals surface area (Å²) in [4.78, 5) is 27.4. The number of likely N-dealkylation sites (tertiary alicyclic amines) is 1. The highest BCUT2D eigenvalue weighted by molar-refractivity contribution is 6.04. The van der Waals surface area contributed by atoms with Gasteiger partial charge >= 0.3 is 0 Å². The van der Waals surface area contributed by atoms with Gasteiger partial charge in [0.1, 0.15) is 5.82 Å². The van der Waals surface area contributed by atoms with Gasteiger partial charge in [0.05, 0.1) is 0 Å². The Morgan fingerprint density at radius 3 is 2.25 bits per heavy atom. The van der Waals surface area contributed by atoms with Crippen LogP contribution in [0.5, 0.6) is 0 Å². The molecule has 2 aromatic carbocycles. The minimum absolute atomic E-state index is 0.0908. The number of piperidine rings is 1. The quantitative estimate of drug-likeness (QED) is 0.826. The van der Waals surface area contributed by atoms with Crippen LogP contribution < -0.4 is 5.32 Å². The number of hydrogen-bond acceptors (Lipinski definition) is 2. The van der Waals surface area contributed by atoms with Gasteiger partial charge in [-0.25, -0.2) is 4.39 Å². The second kappa shape index (κ2) is 8.13. The van der Waals surface area contributed by atoms with E-state index < -0.39 is 0 Å². The van der Waals surface area contributed by atoms with Gasteiger partial charge in [-0.15, -0.1) is 0 Å². The van der Waals surface area contributed by atoms with E-state index in [1.165, 1.54) is 49.9 Å². The van der Waals surface area contributed by atoms with E-state index >= 15 is 0 Å². The Kier molecular flexibility index (Phi) is 5.42. The minimum Gasteiger partial charge on any atom is -0.335 e. The Balaban J connectivity index is 1.43. The van der Waals surface area contributed by atoms with Crippen molar-refractivity contribution in [1.82, 2.24) is 4.90 Å². The van der Waals surface area contributed by atoms with Crippen LogP contribution in [0, 0.1) is 11.7 Å². The molecule has 28 heavy (non-hydrogen) atoms. The van der Waals surface area contributed by atoms with Gasteiger partial charge in [-0.3, -0.25) is 9.59 Å². The summed E-state index contributed by atoms with van der Waals surface area (Å²) >= 11 is 0. The van der Waals surface area contributed by atoms with Crippen molar-refractivity contribution in [3.63, 3.8) is 0 Å². The number of carbonyl (C=O) groups excluding carboxylic acids is 2. The molecular weight excluding hydrogens is 355 g/mol. The van der Waals surface area contributed by atoms with Gasteiger partial charge in [0.25, 0.3) is 11.8 Å². The molecule has 1 saturated heterocycles. The number of benzene rings is 2. The van der Waals surface area contributed by atoms with Crippen LogP contribution in [0.1, 0.15) is 59.2 Å². The van der Waals surface area contributed by atoms with Gasteiger partial charge in [0.15, 0.2) is 0 Å². The first-order valence-corrected chi connectivity index (χ1v) is 10.1. The van der Waals surface area contributed by atoms with E-state index in [0.29, 0.717) is 28.8 Å². The maximum Gasteiger partial charge on any atom is 0.255 e. The summed E-state index contributed by atoms with van der Waals surface area (Å²) in [5.41, 5.74) is 1.66. The topological polar surface area (TPSA) is 49.4 Å². The highest BCUT2D eigenvalue weighted by Gasteiger charge is 2.35. The number of anilines is 1. The van der Waals surface area contributed by atoms with Gasteiger partial charge in [-0.1, -0.05) is 12.8 Å². The molecule has 1 N–H and O–H groups in total. The molecule has 1 heterocycles. The molecule has 1 aliphatic heterocycles. The molecule has 2 atom stereocenters. The molecule has 0 aromatic heterocycles. The van der Waals surface area contributed by atoms with E-state index in [-0.39, 0.29) is 17.6 Å². The number of halogens is 1. The van der Waals surface area contributed by atoms with Crippen molar-refractivity contribution in [1.29, 1.82) is 0 Å². The molecule has 4 nitrogen and oxygen atoms in total. The van der Waals surface area contributed by atoms with Crippen LogP contribution in [0.4, 0.5) is 10.1 Å². The van der Waals surface area contributed by atoms with Crippen molar-refractivity contribution in [2.45, 2.75) is 44.6 Å². The monoisotopic (exact) mass is 380 g/mol. The number of nitrogens with zero attached hydrogens (tertiary/aromatic N) is 1. The Bertz CT molecular complexity index is 846. The number of nitrogens with one attached hydrogen (secondary N) is 1. The molecule has 0 radical (unpaired) electrons. The predicted octanol–water partition coefficient (Wildman–Crippen LogP) is 4.87. The van der Waals surface area contributed by atoms with Crippen LogP contribution in [-0.4, -0.2) is 29.3 Å². The fourth-order valence-electron chi connectivity index (χ4n) is 4.54. The average Bonchev–Trinajstić information content (AvgIpc) is 2.74. The summed E-state index contributed by atoms with van der Waals surface area (Å²) in [6.45, 7) is 0.836. The number of fused-ring (bicyclic) bond motifs is 1. The summed E-state index contributed by atoms with van der Waals surface area (Å²) in [6.07, 6.45) is 7.16. The molecule has 0 bridgehead atoms. The molecule has 2 amide bonds. The Labute approximate surface area is 164 Å². The molecule has 5 heteroatoms. The number of amides is 2. The van der Waals surface area contributed by atoms with Crippen molar-refractivity contribution < 1.29 is 14.0 Å². The van der Waals surface area contributed by atoms with Crippen molar-refractivity contribution in [2.75, 3.05) is 11.9 Å². The largest absolute Gasteiger partial charge is 0.335 e. The van der Waals surface area contributed by atoms with Gasteiger partial charge in [-0.05, 0) is 80.1 Å². The zero-order valence-electron chi connectivity index (χ0n) is 15.9. The van der Waals surface area contributed by atoms with Crippen LogP contribution in [-0.2, 0) is 0 Å². The summed E-state index contributed by atoms with van der Waals surface area (Å²) in [7, 11) is 0. The van der Waals surface area contributed by atoms with Crippen LogP contribution in [0.2, 0.25) is 0 Å². The minimum atomic E-state index is -0.377. The van der Waals surface area contributed by atoms with Gasteiger partial charge in [-0.2, -0.15) is 0 Å². The van der Waals surface area contributed by atoms with Crippen LogP contribution in [0.25, 0.3) is 0 Å². The molecule has 4 rings (SSSR count). The zero-order valence-corrected chi connectivity index (χ0v) is 15.9. The van der Waals surface area contributed by atoms with Crippen molar-refractivity contribution in [3.8, 4) is 0 Å². The molecule has 2 aliphatic rings. The van der Waals surface area contributed by atoms with E-state index in [4.69, 9.17) is 0 Å². The molecule has 0 unspecified atom stereocenters. The Morgan fingerprint density at radius 2 is 1.50 bits per heavy atom. The van der Waals surface area contributed by atoms with Crippen LogP contribution in [0.15, 0.2) is 48.5 Å². The fourth-order valence-corrected chi connectivity index (χ4v) is 4.54. The third-order valence-corrected chi connectivity index (χ3v) is 6.00. The van der Waals surface area contributed by atoms with Crippen LogP contribution >= 0.6 is 0 Å². The standard InChI is InChI=1S/C23H25FN2O2/c24-19-11-7-17(8-12-19)22(27)25-20-13-9-18(10-14-20)23(28)26-15-3-5-16-4-1-2-6-21(16)26/h7-14,16,21H,1-6,15H2,(H,25,27)/t16-,21-/m0/s1. The van der Waals surface area contributed by atoms with E-state index in [0.717, 1.165) is 19.4 Å². The molecular formula is C23H25FN2O2. The highest BCUT2D eigenvalue weighted by Crippen LogP contribution is 2.36. The maximum atomic E-state index is 13.0. The second-order valence-corrected chi connectivity index (χ2v) is 7.79. The fraction of sp³-hybridized carbons (Fsp3) is 0.391. The first-order valence-electron chi connectivity index (χ1n) is 10.1. The lowest BCUT2D eigenvalue weighted by Crippen LogP contribution is -2.49. The number of carbonyl (C=O) groups is 2. The second-order valence-electron chi connectivity index (χ2n) is 7.79. The third-order valence-electron chi connectivity index (χ3n) is 6.00. The molecule has 1 aliphatic carbocycles. The van der Waals surface area contributed by atoms with E-state index in [1.54, 1.807) is 24.3 Å². The lowest BCUT2D eigenvalue weighted by molar-refractivity contribution is 0.0390. The Morgan fingerprint density at radius 1 is 0.857 bits per heavy atom. The lowest BCUT2D eigenvalue weighted by atomic mass is 9.78. The summed E-state index contributed by atoms with van der Waals surface area (Å²) in [5.74, 6) is 0.0613. The number of rotatable bonds is 3. The van der Waals surface area contributed by atoms with Crippen molar-refractivity contribution in [2.24, 2.45) is 5.92 Å². The van der Waals surface area contributed by atoms with Crippen LogP contribution in [0.3, 0.4) is 0 Å². The van der Waals surface area contributed by atoms with E-state index in [2.05, 4.69) is 10.2 Å². The lowest BCUT2D eigenvalue weighted by Gasteiger charge is -2.44. The molecule has 0 spiro atoms. The smallest absolute Gasteiger partial charge is 0.255 e. The first-order chi connectivity index (χ1) is 13.6. The first kappa shape index (κ1) is 18.7. The normalized spacial score (nSPS) is 21.7. The van der Waals surface area contributed by atoms with E-state index in [9.17, 15) is 14.0 Å².